The van der Waals surface area contributed by atoms with E-state index in [-0.39, 0.29) is 18.1 Å². The normalized spacial score (nSPS) is 14.0. The van der Waals surface area contributed by atoms with Gasteiger partial charge in [0.1, 0.15) is 0 Å². The van der Waals surface area contributed by atoms with E-state index < -0.39 is 10.8 Å². The summed E-state index contributed by atoms with van der Waals surface area (Å²) in [6.07, 6.45) is 2.55. The predicted molar refractivity (Wildman–Crippen MR) is 115 cm³/mol. The topological polar surface area (TPSA) is 95.8 Å². The molecule has 0 bridgehead atoms. The van der Waals surface area contributed by atoms with Crippen molar-refractivity contribution in [3.8, 4) is 0 Å². The molecule has 2 aromatic carbocycles. The van der Waals surface area contributed by atoms with Crippen molar-refractivity contribution in [2.75, 3.05) is 37.6 Å². The standard InChI is InChI=1S/C21H21ClN4O4/c22-17-5-3-6-18(14-17)24-10-12-25(13-11-24)21(28)15-23-20(27)9-8-16-4-1-2-7-19(16)26(29)30/h1-9,14H,10-13,15H2,(H,23,27)/b9-8+. The highest BCUT2D eigenvalue weighted by Crippen LogP contribution is 2.21. The van der Waals surface area contributed by atoms with E-state index in [0.29, 0.717) is 36.8 Å². The molecule has 1 N–H and O–H groups in total. The number of benzene rings is 2. The van der Waals surface area contributed by atoms with Crippen LogP contribution in [0.4, 0.5) is 11.4 Å². The highest BCUT2D eigenvalue weighted by atomic mass is 35.5. The molecule has 1 aliphatic rings. The van der Waals surface area contributed by atoms with Gasteiger partial charge in [-0.2, -0.15) is 0 Å². The van der Waals surface area contributed by atoms with Crippen LogP contribution in [0.2, 0.25) is 5.02 Å². The van der Waals surface area contributed by atoms with Crippen molar-refractivity contribution in [2.24, 2.45) is 0 Å². The van der Waals surface area contributed by atoms with E-state index in [4.69, 9.17) is 11.6 Å². The number of nitrogens with zero attached hydrogens (tertiary/aromatic N) is 3. The first-order valence-electron chi connectivity index (χ1n) is 9.41. The second-order valence-electron chi connectivity index (χ2n) is 6.71. The molecule has 0 saturated carbocycles. The maximum Gasteiger partial charge on any atom is 0.276 e. The average Bonchev–Trinajstić information content (AvgIpc) is 2.76. The summed E-state index contributed by atoms with van der Waals surface area (Å²) < 4.78 is 0. The number of carbonyl (C=O) groups excluding carboxylic acids is 2. The van der Waals surface area contributed by atoms with Gasteiger partial charge in [-0.15, -0.1) is 0 Å². The quantitative estimate of drug-likeness (QED) is 0.433. The molecule has 1 saturated heterocycles. The zero-order valence-electron chi connectivity index (χ0n) is 16.2. The molecule has 9 heteroatoms. The fraction of sp³-hybridized carbons (Fsp3) is 0.238. The largest absolute Gasteiger partial charge is 0.368 e. The Bertz CT molecular complexity index is 971. The summed E-state index contributed by atoms with van der Waals surface area (Å²) in [4.78, 5) is 38.7. The number of carbonyl (C=O) groups is 2. The Labute approximate surface area is 178 Å². The van der Waals surface area contributed by atoms with E-state index in [2.05, 4.69) is 10.2 Å². The number of halogens is 1. The molecule has 0 aliphatic carbocycles. The molecule has 1 aliphatic heterocycles. The third kappa shape index (κ3) is 5.57. The van der Waals surface area contributed by atoms with E-state index in [1.807, 2.05) is 24.3 Å². The van der Waals surface area contributed by atoms with Gasteiger partial charge in [-0.3, -0.25) is 19.7 Å². The molecule has 1 heterocycles. The minimum absolute atomic E-state index is 0.0878. The van der Waals surface area contributed by atoms with Gasteiger partial charge in [0, 0.05) is 49.0 Å². The molecule has 0 spiro atoms. The zero-order valence-corrected chi connectivity index (χ0v) is 16.9. The molecule has 3 rings (SSSR count). The van der Waals surface area contributed by atoms with Crippen LogP contribution in [0.25, 0.3) is 6.08 Å². The summed E-state index contributed by atoms with van der Waals surface area (Å²) in [5.41, 5.74) is 1.25. The third-order valence-corrected chi connectivity index (χ3v) is 5.00. The zero-order chi connectivity index (χ0) is 21.5. The fourth-order valence-corrected chi connectivity index (χ4v) is 3.37. The Hall–Kier alpha value is -3.39. The van der Waals surface area contributed by atoms with Gasteiger partial charge in [0.2, 0.25) is 11.8 Å². The summed E-state index contributed by atoms with van der Waals surface area (Å²) in [7, 11) is 0. The minimum Gasteiger partial charge on any atom is -0.368 e. The van der Waals surface area contributed by atoms with Gasteiger partial charge in [0.25, 0.3) is 5.69 Å². The Morgan fingerprint density at radius 3 is 2.53 bits per heavy atom. The van der Waals surface area contributed by atoms with Crippen LogP contribution < -0.4 is 10.2 Å². The monoisotopic (exact) mass is 428 g/mol. The number of amides is 2. The van der Waals surface area contributed by atoms with Gasteiger partial charge in [-0.25, -0.2) is 0 Å². The first-order valence-corrected chi connectivity index (χ1v) is 9.79. The summed E-state index contributed by atoms with van der Waals surface area (Å²) in [5.74, 6) is -0.660. The first kappa shape index (κ1) is 21.3. The van der Waals surface area contributed by atoms with E-state index in [9.17, 15) is 19.7 Å². The maximum atomic E-state index is 12.4. The van der Waals surface area contributed by atoms with Crippen molar-refractivity contribution in [3.05, 3.63) is 75.3 Å². The van der Waals surface area contributed by atoms with Gasteiger partial charge in [0.05, 0.1) is 17.0 Å². The molecular weight excluding hydrogens is 408 g/mol. The summed E-state index contributed by atoms with van der Waals surface area (Å²) in [6, 6.07) is 13.7. The minimum atomic E-state index is -0.510. The number of nitro groups is 1. The third-order valence-electron chi connectivity index (χ3n) is 4.77. The van der Waals surface area contributed by atoms with Crippen LogP contribution in [-0.4, -0.2) is 54.4 Å². The lowest BCUT2D eigenvalue weighted by atomic mass is 10.1. The molecule has 2 aromatic rings. The Kier molecular flexibility index (Phi) is 7.03. The van der Waals surface area contributed by atoms with Crippen LogP contribution in [0, 0.1) is 10.1 Å². The van der Waals surface area contributed by atoms with Crippen molar-refractivity contribution in [2.45, 2.75) is 0 Å². The predicted octanol–water partition coefficient (Wildman–Crippen LogP) is 2.73. The molecule has 0 unspecified atom stereocenters. The molecule has 2 amide bonds. The van der Waals surface area contributed by atoms with Gasteiger partial charge >= 0.3 is 0 Å². The number of rotatable bonds is 6. The van der Waals surface area contributed by atoms with Crippen molar-refractivity contribution < 1.29 is 14.5 Å². The van der Waals surface area contributed by atoms with Crippen molar-refractivity contribution in [1.29, 1.82) is 0 Å². The number of nitrogens with one attached hydrogen (secondary N) is 1. The number of para-hydroxylation sites is 1. The van der Waals surface area contributed by atoms with Crippen LogP contribution >= 0.6 is 11.6 Å². The lowest BCUT2D eigenvalue weighted by molar-refractivity contribution is -0.385. The van der Waals surface area contributed by atoms with E-state index in [1.165, 1.54) is 18.2 Å². The number of piperazine rings is 1. The summed E-state index contributed by atoms with van der Waals surface area (Å²) >= 11 is 6.03. The molecule has 30 heavy (non-hydrogen) atoms. The van der Waals surface area contributed by atoms with E-state index >= 15 is 0 Å². The fourth-order valence-electron chi connectivity index (χ4n) is 3.18. The Balaban J connectivity index is 1.47. The molecule has 156 valence electrons. The number of hydrogen-bond donors (Lipinski definition) is 1. The highest BCUT2D eigenvalue weighted by Gasteiger charge is 2.21. The first-order chi connectivity index (χ1) is 14.4. The smallest absolute Gasteiger partial charge is 0.276 e. The van der Waals surface area contributed by atoms with Crippen molar-refractivity contribution in [1.82, 2.24) is 10.2 Å². The Morgan fingerprint density at radius 1 is 1.10 bits per heavy atom. The van der Waals surface area contributed by atoms with E-state index in [1.54, 1.807) is 23.1 Å². The van der Waals surface area contributed by atoms with Crippen molar-refractivity contribution >= 4 is 40.9 Å². The summed E-state index contributed by atoms with van der Waals surface area (Å²) in [5, 5.41) is 14.2. The van der Waals surface area contributed by atoms with Gasteiger partial charge < -0.3 is 15.1 Å². The number of hydrogen-bond acceptors (Lipinski definition) is 5. The van der Waals surface area contributed by atoms with Crippen LogP contribution in [-0.2, 0) is 9.59 Å². The molecule has 0 atom stereocenters. The van der Waals surface area contributed by atoms with Gasteiger partial charge in [-0.1, -0.05) is 29.8 Å². The molecule has 0 aromatic heterocycles. The molecule has 0 radical (unpaired) electrons. The van der Waals surface area contributed by atoms with Crippen molar-refractivity contribution in [3.63, 3.8) is 0 Å². The lowest BCUT2D eigenvalue weighted by Crippen LogP contribution is -2.51. The average molecular weight is 429 g/mol. The van der Waals surface area contributed by atoms with E-state index in [0.717, 1.165) is 5.69 Å². The van der Waals surface area contributed by atoms with Gasteiger partial charge in [-0.05, 0) is 30.3 Å². The van der Waals surface area contributed by atoms with Crippen LogP contribution in [0.15, 0.2) is 54.6 Å². The number of anilines is 1. The second-order valence-corrected chi connectivity index (χ2v) is 7.15. The van der Waals surface area contributed by atoms with Crippen LogP contribution in [0.5, 0.6) is 0 Å². The molecule has 1 fully saturated rings. The van der Waals surface area contributed by atoms with Gasteiger partial charge in [0.15, 0.2) is 0 Å². The maximum absolute atomic E-state index is 12.4. The number of nitro benzene ring substituents is 1. The SMILES string of the molecule is O=C(/C=C/c1ccccc1[N+](=O)[O-])NCC(=O)N1CCN(c2cccc(Cl)c2)CC1. The Morgan fingerprint density at radius 2 is 1.83 bits per heavy atom. The lowest BCUT2D eigenvalue weighted by Gasteiger charge is -2.36. The van der Waals surface area contributed by atoms with Crippen LogP contribution in [0.1, 0.15) is 5.56 Å². The van der Waals surface area contributed by atoms with Crippen LogP contribution in [0.3, 0.4) is 0 Å². The second kappa shape index (κ2) is 9.89. The highest BCUT2D eigenvalue weighted by molar-refractivity contribution is 6.30. The molecular formula is C21H21ClN4O4. The summed E-state index contributed by atoms with van der Waals surface area (Å²) in [6.45, 7) is 2.33. The molecule has 8 nitrogen and oxygen atoms in total.